The van der Waals surface area contributed by atoms with E-state index in [1.807, 2.05) is 25.1 Å². The van der Waals surface area contributed by atoms with Crippen molar-refractivity contribution in [2.45, 2.75) is 26.9 Å². The standard InChI is InChI=1S/C21H24FN5/c1-15-6-4-5-7-18(15)14-26-21(23-3)25-13-17-8-9-20(19(22)12-17)27-11-10-24-16(27)2/h4-12H,13-14H2,1-3H3,(H2,23,25,26). The van der Waals surface area contributed by atoms with Crippen molar-refractivity contribution in [2.24, 2.45) is 4.99 Å². The van der Waals surface area contributed by atoms with Crippen molar-refractivity contribution in [1.82, 2.24) is 20.2 Å². The number of imidazole rings is 1. The van der Waals surface area contributed by atoms with Crippen molar-refractivity contribution in [3.63, 3.8) is 0 Å². The van der Waals surface area contributed by atoms with Crippen LogP contribution in [-0.2, 0) is 13.1 Å². The molecule has 0 saturated carbocycles. The molecule has 140 valence electrons. The molecule has 1 heterocycles. The van der Waals surface area contributed by atoms with Gasteiger partial charge >= 0.3 is 0 Å². The van der Waals surface area contributed by atoms with Gasteiger partial charge in [0, 0.05) is 32.5 Å². The van der Waals surface area contributed by atoms with Gasteiger partial charge in [-0.3, -0.25) is 4.99 Å². The third-order valence-corrected chi connectivity index (χ3v) is 4.49. The van der Waals surface area contributed by atoms with Crippen LogP contribution in [0.25, 0.3) is 5.69 Å². The van der Waals surface area contributed by atoms with E-state index < -0.39 is 0 Å². The average Bonchev–Trinajstić information content (AvgIpc) is 3.09. The molecule has 0 fully saturated rings. The summed E-state index contributed by atoms with van der Waals surface area (Å²) in [6.45, 7) is 5.09. The number of hydrogen-bond donors (Lipinski definition) is 2. The molecule has 6 heteroatoms. The Kier molecular flexibility index (Phi) is 5.86. The highest BCUT2D eigenvalue weighted by Gasteiger charge is 2.08. The Morgan fingerprint density at radius 1 is 1.11 bits per heavy atom. The molecule has 5 nitrogen and oxygen atoms in total. The summed E-state index contributed by atoms with van der Waals surface area (Å²) in [7, 11) is 1.72. The molecule has 0 radical (unpaired) electrons. The summed E-state index contributed by atoms with van der Waals surface area (Å²) in [4.78, 5) is 8.37. The van der Waals surface area contributed by atoms with Gasteiger partial charge in [0.05, 0.1) is 5.69 Å². The minimum atomic E-state index is -0.279. The Labute approximate surface area is 159 Å². The summed E-state index contributed by atoms with van der Waals surface area (Å²) in [6, 6.07) is 13.4. The van der Waals surface area contributed by atoms with Gasteiger partial charge in [-0.2, -0.15) is 0 Å². The van der Waals surface area contributed by atoms with Gasteiger partial charge in [-0.15, -0.1) is 0 Å². The quantitative estimate of drug-likeness (QED) is 0.538. The first kappa shape index (κ1) is 18.6. The van der Waals surface area contributed by atoms with E-state index in [9.17, 15) is 4.39 Å². The largest absolute Gasteiger partial charge is 0.352 e. The summed E-state index contributed by atoms with van der Waals surface area (Å²) < 4.78 is 16.2. The van der Waals surface area contributed by atoms with Crippen molar-refractivity contribution < 1.29 is 4.39 Å². The third kappa shape index (κ3) is 4.53. The van der Waals surface area contributed by atoms with Crippen LogP contribution in [0, 0.1) is 19.7 Å². The van der Waals surface area contributed by atoms with E-state index in [2.05, 4.69) is 39.7 Å². The predicted octanol–water partition coefficient (Wildman–Crippen LogP) is 3.49. The van der Waals surface area contributed by atoms with Gasteiger partial charge in [0.15, 0.2) is 5.96 Å². The number of benzene rings is 2. The molecule has 0 amide bonds. The fourth-order valence-corrected chi connectivity index (χ4v) is 2.88. The van der Waals surface area contributed by atoms with Crippen LogP contribution < -0.4 is 10.6 Å². The first-order chi connectivity index (χ1) is 13.1. The summed E-state index contributed by atoms with van der Waals surface area (Å²) in [6.07, 6.45) is 3.41. The predicted molar refractivity (Wildman–Crippen MR) is 106 cm³/mol. The summed E-state index contributed by atoms with van der Waals surface area (Å²) in [5.41, 5.74) is 3.78. The molecule has 2 N–H and O–H groups in total. The molecule has 1 aromatic heterocycles. The van der Waals surface area contributed by atoms with Crippen LogP contribution in [0.1, 0.15) is 22.5 Å². The van der Waals surface area contributed by atoms with Crippen molar-refractivity contribution in [3.05, 3.63) is 83.2 Å². The van der Waals surface area contributed by atoms with E-state index >= 15 is 0 Å². The van der Waals surface area contributed by atoms with Gasteiger partial charge in [-0.1, -0.05) is 30.3 Å². The van der Waals surface area contributed by atoms with E-state index in [1.165, 1.54) is 17.2 Å². The Hall–Kier alpha value is -3.15. The molecule has 3 aromatic rings. The molecule has 0 aliphatic carbocycles. The number of nitrogens with one attached hydrogen (secondary N) is 2. The molecule has 0 aliphatic rings. The first-order valence-electron chi connectivity index (χ1n) is 8.86. The molecular weight excluding hydrogens is 341 g/mol. The van der Waals surface area contributed by atoms with Gasteiger partial charge in [-0.25, -0.2) is 9.37 Å². The van der Waals surface area contributed by atoms with Crippen LogP contribution in [0.3, 0.4) is 0 Å². The monoisotopic (exact) mass is 365 g/mol. The van der Waals surface area contributed by atoms with E-state index in [1.54, 1.807) is 30.1 Å². The lowest BCUT2D eigenvalue weighted by Crippen LogP contribution is -2.36. The van der Waals surface area contributed by atoms with Crippen LogP contribution >= 0.6 is 0 Å². The maximum atomic E-state index is 14.5. The Bertz CT molecular complexity index is 945. The van der Waals surface area contributed by atoms with Gasteiger partial charge in [0.25, 0.3) is 0 Å². The summed E-state index contributed by atoms with van der Waals surface area (Å²) in [5.74, 6) is 1.15. The SMILES string of the molecule is CN=C(NCc1ccc(-n2ccnc2C)c(F)c1)NCc1ccccc1C. The summed E-state index contributed by atoms with van der Waals surface area (Å²) in [5, 5.41) is 6.51. The molecule has 0 bridgehead atoms. The zero-order valence-corrected chi connectivity index (χ0v) is 15.8. The number of rotatable bonds is 5. The van der Waals surface area contributed by atoms with Crippen LogP contribution in [0.4, 0.5) is 4.39 Å². The molecule has 0 spiro atoms. The Balaban J connectivity index is 1.61. The number of halogens is 1. The fourth-order valence-electron chi connectivity index (χ4n) is 2.88. The molecule has 2 aromatic carbocycles. The minimum absolute atomic E-state index is 0.279. The van der Waals surface area contributed by atoms with Crippen molar-refractivity contribution in [1.29, 1.82) is 0 Å². The van der Waals surface area contributed by atoms with Gasteiger partial charge in [0.1, 0.15) is 11.6 Å². The highest BCUT2D eigenvalue weighted by atomic mass is 19.1. The molecule has 3 rings (SSSR count). The van der Waals surface area contributed by atoms with E-state index in [4.69, 9.17) is 0 Å². The lowest BCUT2D eigenvalue weighted by molar-refractivity contribution is 0.613. The molecule has 27 heavy (non-hydrogen) atoms. The number of hydrogen-bond acceptors (Lipinski definition) is 2. The van der Waals surface area contributed by atoms with Crippen molar-refractivity contribution in [2.75, 3.05) is 7.05 Å². The second-order valence-corrected chi connectivity index (χ2v) is 6.34. The molecule has 0 unspecified atom stereocenters. The summed E-state index contributed by atoms with van der Waals surface area (Å²) >= 11 is 0. The van der Waals surface area contributed by atoms with Crippen LogP contribution in [-0.4, -0.2) is 22.6 Å². The average molecular weight is 365 g/mol. The maximum absolute atomic E-state index is 14.5. The number of aromatic nitrogens is 2. The number of aliphatic imine (C=N–C) groups is 1. The molecule has 0 atom stereocenters. The third-order valence-electron chi connectivity index (χ3n) is 4.49. The van der Waals surface area contributed by atoms with Crippen LogP contribution in [0.5, 0.6) is 0 Å². The van der Waals surface area contributed by atoms with Crippen LogP contribution in [0.15, 0.2) is 59.9 Å². The number of nitrogens with zero attached hydrogens (tertiary/aromatic N) is 3. The van der Waals surface area contributed by atoms with E-state index in [-0.39, 0.29) is 5.82 Å². The first-order valence-corrected chi connectivity index (χ1v) is 8.86. The van der Waals surface area contributed by atoms with Crippen LogP contribution in [0.2, 0.25) is 0 Å². The number of guanidine groups is 1. The second kappa shape index (κ2) is 8.49. The Morgan fingerprint density at radius 3 is 2.56 bits per heavy atom. The highest BCUT2D eigenvalue weighted by molar-refractivity contribution is 5.79. The fraction of sp³-hybridized carbons (Fsp3) is 0.238. The zero-order valence-electron chi connectivity index (χ0n) is 15.8. The molecule has 0 aliphatic heterocycles. The van der Waals surface area contributed by atoms with Gasteiger partial charge in [-0.05, 0) is 42.7 Å². The topological polar surface area (TPSA) is 54.2 Å². The normalized spacial score (nSPS) is 11.5. The van der Waals surface area contributed by atoms with Crippen molar-refractivity contribution in [3.8, 4) is 5.69 Å². The van der Waals surface area contributed by atoms with E-state index in [0.717, 1.165) is 11.4 Å². The zero-order chi connectivity index (χ0) is 19.2. The minimum Gasteiger partial charge on any atom is -0.352 e. The molecular formula is C21H24FN5. The lowest BCUT2D eigenvalue weighted by Gasteiger charge is -2.14. The lowest BCUT2D eigenvalue weighted by atomic mass is 10.1. The second-order valence-electron chi connectivity index (χ2n) is 6.34. The maximum Gasteiger partial charge on any atom is 0.191 e. The highest BCUT2D eigenvalue weighted by Crippen LogP contribution is 2.16. The van der Waals surface area contributed by atoms with E-state index in [0.29, 0.717) is 24.7 Å². The van der Waals surface area contributed by atoms with Gasteiger partial charge < -0.3 is 15.2 Å². The van der Waals surface area contributed by atoms with Gasteiger partial charge in [0.2, 0.25) is 0 Å². The van der Waals surface area contributed by atoms with Crippen molar-refractivity contribution >= 4 is 5.96 Å². The number of aryl methyl sites for hydroxylation is 2. The smallest absolute Gasteiger partial charge is 0.191 e. The Morgan fingerprint density at radius 2 is 1.89 bits per heavy atom. The molecule has 0 saturated heterocycles.